The monoisotopic (exact) mass is 1430 g/mol. The molecule has 7 aromatic carbocycles. The van der Waals surface area contributed by atoms with E-state index in [0.717, 1.165) is 84.2 Å². The van der Waals surface area contributed by atoms with Gasteiger partial charge in [-0.3, -0.25) is 4.79 Å². The summed E-state index contributed by atoms with van der Waals surface area (Å²) >= 11 is 0. The zero-order valence-corrected chi connectivity index (χ0v) is 70.8. The van der Waals surface area contributed by atoms with Crippen LogP contribution in [0.2, 0.25) is 66.5 Å². The van der Waals surface area contributed by atoms with E-state index in [2.05, 4.69) is 380 Å². The van der Waals surface area contributed by atoms with Gasteiger partial charge in [-0.05, 0) is 212 Å². The SMILES string of the molecule is CC(C)[Si](C#Cc1ccc(C#Cc2ccc(C#Cc3ccc(C=O)cc3C#Cc3ccc(C#Cc4ccc(C#C[Si](C(C)C)(C(C)C)C(C)C)cc4)c(C#Cc4ccc(C#C[Si](C(C)C)(C(C)C)C(C)C)cc4)c3)cc2C#Cc2ccc(C#C[Si](C(C)C)(C(C)C)C(C)C)cc2)cc1)(C(C)C)C(C)C. The van der Waals surface area contributed by atoms with Gasteiger partial charge in [0.15, 0.2) is 0 Å². The maximum atomic E-state index is 12.4. The molecule has 0 spiro atoms. The van der Waals surface area contributed by atoms with E-state index < -0.39 is 32.3 Å². The molecule has 0 aliphatic rings. The van der Waals surface area contributed by atoms with Crippen LogP contribution in [0.5, 0.6) is 0 Å². The summed E-state index contributed by atoms with van der Waals surface area (Å²) in [4.78, 5) is 12.4. The van der Waals surface area contributed by atoms with Crippen LogP contribution >= 0.6 is 0 Å². The fourth-order valence-corrected chi connectivity index (χ4v) is 37.3. The fourth-order valence-electron chi connectivity index (χ4n) is 16.4. The van der Waals surface area contributed by atoms with Crippen molar-refractivity contribution in [1.82, 2.24) is 0 Å². The Bertz CT molecular complexity index is 4800. The first-order valence-electron chi connectivity index (χ1n) is 37.8. The summed E-state index contributed by atoms with van der Waals surface area (Å²) in [6.45, 7) is 56.3. The first-order chi connectivity index (χ1) is 49.3. The average molecular weight is 1430 g/mol. The minimum atomic E-state index is -1.91. The number of benzene rings is 7. The minimum absolute atomic E-state index is 0.499. The molecule has 0 aliphatic carbocycles. The van der Waals surface area contributed by atoms with Gasteiger partial charge in [-0.25, -0.2) is 0 Å². The fraction of sp³-hybridized carbons (Fsp3) is 0.364. The van der Waals surface area contributed by atoms with Crippen molar-refractivity contribution in [3.05, 3.63) is 246 Å². The van der Waals surface area contributed by atoms with Crippen LogP contribution in [0.1, 0.15) is 266 Å². The molecule has 0 atom stereocenters. The molecule has 1 nitrogen and oxygen atoms in total. The smallest absolute Gasteiger partial charge is 0.150 e. The highest BCUT2D eigenvalue weighted by molar-refractivity contribution is 6.92. The molecule has 0 N–H and O–H groups in total. The highest BCUT2D eigenvalue weighted by atomic mass is 28.3. The number of rotatable bonds is 13. The largest absolute Gasteiger partial charge is 0.298 e. The van der Waals surface area contributed by atoms with Gasteiger partial charge < -0.3 is 0 Å². The van der Waals surface area contributed by atoms with Gasteiger partial charge in [0.2, 0.25) is 0 Å². The van der Waals surface area contributed by atoms with Gasteiger partial charge in [-0.2, -0.15) is 0 Å². The Morgan fingerprint density at radius 3 is 0.558 bits per heavy atom. The Balaban J connectivity index is 1.28. The van der Waals surface area contributed by atoms with Crippen molar-refractivity contribution in [2.75, 3.05) is 0 Å². The van der Waals surface area contributed by atoms with E-state index >= 15 is 0 Å². The van der Waals surface area contributed by atoms with Crippen molar-refractivity contribution in [1.29, 1.82) is 0 Å². The predicted molar refractivity (Wildman–Crippen MR) is 458 cm³/mol. The van der Waals surface area contributed by atoms with E-state index in [1.165, 1.54) is 0 Å². The van der Waals surface area contributed by atoms with E-state index in [1.807, 2.05) is 42.5 Å². The highest BCUT2D eigenvalue weighted by Crippen LogP contribution is 2.44. The Morgan fingerprint density at radius 2 is 0.356 bits per heavy atom. The van der Waals surface area contributed by atoms with Gasteiger partial charge in [0.1, 0.15) is 38.6 Å². The van der Waals surface area contributed by atoms with Crippen LogP contribution in [0.3, 0.4) is 0 Å². The zero-order valence-electron chi connectivity index (χ0n) is 66.8. The molecule has 0 unspecified atom stereocenters. The highest BCUT2D eigenvalue weighted by Gasteiger charge is 2.44. The lowest BCUT2D eigenvalue weighted by Gasteiger charge is -2.38. The Kier molecular flexibility index (Phi) is 29.1. The maximum absolute atomic E-state index is 12.4. The molecule has 0 aromatic heterocycles. The van der Waals surface area contributed by atoms with Crippen LogP contribution in [0, 0.1) is 117 Å². The molecule has 5 heteroatoms. The maximum Gasteiger partial charge on any atom is 0.150 e. The van der Waals surface area contributed by atoms with Crippen molar-refractivity contribution in [3.8, 4) is 117 Å². The molecule has 0 heterocycles. The van der Waals surface area contributed by atoms with E-state index in [1.54, 1.807) is 12.1 Å². The normalized spacial score (nSPS) is 11.4. The molecule has 0 fully saturated rings. The lowest BCUT2D eigenvalue weighted by Crippen LogP contribution is -2.43. The molecule has 0 bridgehead atoms. The summed E-state index contributed by atoms with van der Waals surface area (Å²) in [6.07, 6.45) is 0.839. The second-order valence-electron chi connectivity index (χ2n) is 31.8. The van der Waals surface area contributed by atoms with E-state index in [-0.39, 0.29) is 0 Å². The third-order valence-corrected chi connectivity index (χ3v) is 47.1. The van der Waals surface area contributed by atoms with Gasteiger partial charge in [0, 0.05) is 94.6 Å². The Morgan fingerprint density at radius 1 is 0.192 bits per heavy atom. The topological polar surface area (TPSA) is 17.1 Å². The lowest BCUT2D eigenvalue weighted by atomic mass is 10.0. The molecule has 7 aromatic rings. The summed E-state index contributed by atoms with van der Waals surface area (Å²) in [6, 6.07) is 50.6. The number of carbonyl (C=O) groups is 1. The quantitative estimate of drug-likeness (QED) is 0.0639. The van der Waals surface area contributed by atoms with E-state index in [9.17, 15) is 4.79 Å². The number of aldehydes is 1. The molecule has 0 radical (unpaired) electrons. The first-order valence-corrected chi connectivity index (χ1v) is 46.8. The minimum Gasteiger partial charge on any atom is -0.298 e. The number of hydrogen-bond acceptors (Lipinski definition) is 1. The molecule has 0 saturated heterocycles. The van der Waals surface area contributed by atoms with Crippen molar-refractivity contribution in [2.45, 2.75) is 233 Å². The van der Waals surface area contributed by atoms with Gasteiger partial charge in [0.25, 0.3) is 0 Å². The molecule has 0 saturated carbocycles. The molecule has 528 valence electrons. The third kappa shape index (κ3) is 19.9. The average Bonchev–Trinajstić information content (AvgIpc) is 0.816. The first kappa shape index (κ1) is 82.0. The van der Waals surface area contributed by atoms with Crippen molar-refractivity contribution >= 4 is 38.6 Å². The molecule has 7 rings (SSSR count). The van der Waals surface area contributed by atoms with Gasteiger partial charge >= 0.3 is 0 Å². The van der Waals surface area contributed by atoms with Crippen LogP contribution in [-0.2, 0) is 0 Å². The van der Waals surface area contributed by atoms with Crippen LogP contribution in [-0.4, -0.2) is 38.6 Å². The number of carbonyl (C=O) groups excluding carboxylic acids is 1. The van der Waals surface area contributed by atoms with Crippen molar-refractivity contribution in [2.24, 2.45) is 0 Å². The van der Waals surface area contributed by atoms with Crippen molar-refractivity contribution in [3.63, 3.8) is 0 Å². The lowest BCUT2D eigenvalue weighted by molar-refractivity contribution is 0.112. The zero-order chi connectivity index (χ0) is 76.3. The van der Waals surface area contributed by atoms with E-state index in [0.29, 0.717) is 83.2 Å². The Hall–Kier alpha value is -9.32. The molecular weight excluding hydrogens is 1320 g/mol. The summed E-state index contributed by atoms with van der Waals surface area (Å²) < 4.78 is 0. The van der Waals surface area contributed by atoms with Crippen molar-refractivity contribution < 1.29 is 4.79 Å². The molecule has 104 heavy (non-hydrogen) atoms. The molecular formula is C99H110OSi4. The van der Waals surface area contributed by atoms with Crippen LogP contribution in [0.25, 0.3) is 0 Å². The van der Waals surface area contributed by atoms with Crippen LogP contribution in [0.15, 0.2) is 152 Å². The van der Waals surface area contributed by atoms with E-state index in [4.69, 9.17) is 0 Å². The second kappa shape index (κ2) is 36.9. The van der Waals surface area contributed by atoms with Gasteiger partial charge in [-0.15, -0.1) is 22.2 Å². The molecule has 0 aliphatic heterocycles. The number of hydrogen-bond donors (Lipinski definition) is 0. The Labute approximate surface area is 634 Å². The van der Waals surface area contributed by atoms with Gasteiger partial charge in [-0.1, -0.05) is 267 Å². The van der Waals surface area contributed by atoms with Crippen LogP contribution in [0.4, 0.5) is 0 Å². The summed E-state index contributed by atoms with van der Waals surface area (Å²) in [5.41, 5.74) is 36.0. The third-order valence-electron chi connectivity index (χ3n) is 22.0. The second-order valence-corrected chi connectivity index (χ2v) is 54.2. The van der Waals surface area contributed by atoms with Crippen LogP contribution < -0.4 is 0 Å². The predicted octanol–water partition coefficient (Wildman–Crippen LogP) is 24.2. The summed E-state index contributed by atoms with van der Waals surface area (Å²) in [7, 11) is -7.60. The van der Waals surface area contributed by atoms with Gasteiger partial charge in [0.05, 0.1) is 0 Å². The standard InChI is InChI=1S/C99H110OSi4/c1-71(2)101(72(3)4,73(5)6)63-59-87-33-25-83(26-34-87)41-50-94-52-45-91(67-97(94)56-43-85-29-37-89(38-30-85)61-65-103(77(13)14,78(15)16)79(17)18)46-54-96-55-49-93(70-100)69-99(96)58-48-92-47-53-95(51-42-84-27-35-88(36-28-84)60-64-102(74(7)8,75(9)10)76(11)12)98(68-92)57-44-86-31-39-90(40-32-86)62-66-104(80(19)20,81(21)22)82(23)24/h25-40,45,47,49,52-53,55,67-82H,1-24H3. The summed E-state index contributed by atoms with van der Waals surface area (Å²) in [5, 5.41) is 0. The summed E-state index contributed by atoms with van der Waals surface area (Å²) in [5.74, 6) is 55.7. The molecule has 0 amide bonds.